The highest BCUT2D eigenvalue weighted by atomic mass is 16.6. The number of ether oxygens (including phenoxy) is 3. The first-order valence-corrected chi connectivity index (χ1v) is 20.0. The van der Waals surface area contributed by atoms with Gasteiger partial charge in [0.05, 0.1) is 34.4 Å². The Morgan fingerprint density at radius 3 is 1.63 bits per heavy atom. The average Bonchev–Trinajstić information content (AvgIpc) is 3.09. The molecule has 1 N–H and O–H groups in total. The van der Waals surface area contributed by atoms with E-state index in [4.69, 9.17) is 14.2 Å². The van der Waals surface area contributed by atoms with E-state index in [2.05, 4.69) is 50.3 Å². The Labute approximate surface area is 317 Å². The minimum atomic E-state index is -0.887. The molecule has 0 saturated carbocycles. The molecule has 0 bridgehead atoms. The van der Waals surface area contributed by atoms with Crippen LogP contribution >= 0.6 is 0 Å². The third kappa shape index (κ3) is 32.7. The topological polar surface area (TPSA) is 99.1 Å². The first-order valence-electron chi connectivity index (χ1n) is 20.0. The highest BCUT2D eigenvalue weighted by molar-refractivity contribution is 5.72. The summed E-state index contributed by atoms with van der Waals surface area (Å²) in [5.74, 6) is -1.55. The lowest BCUT2D eigenvalue weighted by Crippen LogP contribution is -2.50. The number of carbonyl (C=O) groups excluding carboxylic acids is 2. The number of allylic oxidation sites excluding steroid dienone is 12. The van der Waals surface area contributed by atoms with Crippen LogP contribution in [0.1, 0.15) is 136 Å². The molecule has 52 heavy (non-hydrogen) atoms. The molecule has 0 aliphatic carbocycles. The molecule has 0 amide bonds. The summed E-state index contributed by atoms with van der Waals surface area (Å²) in [6.45, 7) is 4.48. The predicted molar refractivity (Wildman–Crippen MR) is 215 cm³/mol. The molecular formula is C44H74NO7+. The largest absolute Gasteiger partial charge is 0.477 e. The van der Waals surface area contributed by atoms with Crippen LogP contribution in [-0.4, -0.2) is 80.6 Å². The van der Waals surface area contributed by atoms with Crippen LogP contribution < -0.4 is 0 Å². The van der Waals surface area contributed by atoms with Gasteiger partial charge in [-0.25, -0.2) is 4.79 Å². The first kappa shape index (κ1) is 48.8. The van der Waals surface area contributed by atoms with Gasteiger partial charge in [-0.05, 0) is 57.8 Å². The minimum Gasteiger partial charge on any atom is -0.477 e. The first-order chi connectivity index (χ1) is 25.1. The monoisotopic (exact) mass is 729 g/mol. The zero-order chi connectivity index (χ0) is 38.5. The van der Waals surface area contributed by atoms with Gasteiger partial charge < -0.3 is 23.8 Å². The van der Waals surface area contributed by atoms with Gasteiger partial charge in [-0.15, -0.1) is 0 Å². The summed E-state index contributed by atoms with van der Waals surface area (Å²) in [6, 6.07) is -0.625. The molecule has 2 atom stereocenters. The molecular weight excluding hydrogens is 654 g/mol. The number of carboxylic acids is 1. The SMILES string of the molecule is CC/C=C/C=C/C=C/C=C/CCCCCC(=O)OCC(COCCC(C(=O)O)[N+](C)(C)C)OC(=O)CCCCCCCC/C=C/C=C/CCCCC. The number of carbonyl (C=O) groups is 3. The Kier molecular flexibility index (Phi) is 32.7. The van der Waals surface area contributed by atoms with Gasteiger partial charge in [0.15, 0.2) is 12.1 Å². The Bertz CT molecular complexity index is 1080. The van der Waals surface area contributed by atoms with Crippen molar-refractivity contribution in [3.63, 3.8) is 0 Å². The van der Waals surface area contributed by atoms with E-state index in [1.54, 1.807) is 0 Å². The van der Waals surface area contributed by atoms with E-state index >= 15 is 0 Å². The number of carboxylic acid groups (broad SMARTS) is 1. The number of unbranched alkanes of at least 4 members (excludes halogenated alkanes) is 12. The number of rotatable bonds is 34. The van der Waals surface area contributed by atoms with Crippen LogP contribution in [0.4, 0.5) is 0 Å². The number of hydrogen-bond donors (Lipinski definition) is 1. The van der Waals surface area contributed by atoms with E-state index in [0.717, 1.165) is 70.6 Å². The van der Waals surface area contributed by atoms with E-state index in [-0.39, 0.29) is 36.2 Å². The van der Waals surface area contributed by atoms with Gasteiger partial charge in [0.2, 0.25) is 0 Å². The van der Waals surface area contributed by atoms with Crippen molar-refractivity contribution in [2.24, 2.45) is 0 Å². The highest BCUT2D eigenvalue weighted by Crippen LogP contribution is 2.12. The second-order valence-electron chi connectivity index (χ2n) is 14.3. The smallest absolute Gasteiger partial charge is 0.362 e. The minimum absolute atomic E-state index is 0.0393. The molecule has 0 aliphatic heterocycles. The fraction of sp³-hybridized carbons (Fsp3) is 0.659. The summed E-state index contributed by atoms with van der Waals surface area (Å²) in [5.41, 5.74) is 0. The third-order valence-corrected chi connectivity index (χ3v) is 8.46. The third-order valence-electron chi connectivity index (χ3n) is 8.46. The maximum atomic E-state index is 12.7. The fourth-order valence-corrected chi connectivity index (χ4v) is 5.33. The summed E-state index contributed by atoms with van der Waals surface area (Å²) in [7, 11) is 5.49. The van der Waals surface area contributed by atoms with Crippen LogP contribution in [0.15, 0.2) is 72.9 Å². The zero-order valence-corrected chi connectivity index (χ0v) is 33.5. The van der Waals surface area contributed by atoms with Crippen LogP contribution in [-0.2, 0) is 28.6 Å². The van der Waals surface area contributed by atoms with Crippen molar-refractivity contribution in [1.82, 2.24) is 0 Å². The van der Waals surface area contributed by atoms with E-state index in [9.17, 15) is 19.5 Å². The second-order valence-corrected chi connectivity index (χ2v) is 14.3. The Morgan fingerprint density at radius 2 is 1.08 bits per heavy atom. The molecule has 0 fully saturated rings. The maximum absolute atomic E-state index is 12.7. The standard InChI is InChI=1S/C44H73NO7/c1-6-8-10-12-14-16-18-20-21-23-25-27-29-31-33-35-43(47)52-40(38-50-37-36-41(44(48)49)45(3,4)5)39-51-42(46)34-32-30-28-26-24-22-19-17-15-13-11-9-7-2/h9,11,13-20,22,24,40-41H,6-8,10,12,21,23,25-39H2,1-5H3/p+1/b11-9+,15-13+,16-14+,19-17+,20-18+,24-22+. The van der Waals surface area contributed by atoms with Gasteiger partial charge in [-0.1, -0.05) is 132 Å². The molecule has 0 saturated heterocycles. The number of nitrogens with zero attached hydrogens (tertiary/aromatic N) is 1. The molecule has 8 heteroatoms. The number of hydrogen-bond acceptors (Lipinski definition) is 6. The molecule has 0 aromatic rings. The predicted octanol–water partition coefficient (Wildman–Crippen LogP) is 10.4. The zero-order valence-electron chi connectivity index (χ0n) is 33.5. The van der Waals surface area contributed by atoms with E-state index in [0.29, 0.717) is 19.3 Å². The van der Waals surface area contributed by atoms with Crippen LogP contribution in [0.5, 0.6) is 0 Å². The molecule has 0 rings (SSSR count). The van der Waals surface area contributed by atoms with Crippen molar-refractivity contribution in [2.75, 3.05) is 41.0 Å². The van der Waals surface area contributed by atoms with E-state index in [1.807, 2.05) is 57.6 Å². The lowest BCUT2D eigenvalue weighted by molar-refractivity contribution is -0.887. The molecule has 8 nitrogen and oxygen atoms in total. The number of quaternary nitrogens is 1. The van der Waals surface area contributed by atoms with Crippen molar-refractivity contribution >= 4 is 17.9 Å². The van der Waals surface area contributed by atoms with Crippen LogP contribution in [0, 0.1) is 0 Å². The lowest BCUT2D eigenvalue weighted by atomic mass is 10.1. The van der Waals surface area contributed by atoms with E-state index < -0.39 is 18.1 Å². The molecule has 2 unspecified atom stereocenters. The van der Waals surface area contributed by atoms with E-state index in [1.165, 1.54) is 32.1 Å². The average molecular weight is 729 g/mol. The molecule has 0 aromatic heterocycles. The Balaban J connectivity index is 4.50. The number of likely N-dealkylation sites (N-methyl/N-ethyl adjacent to an activating group) is 1. The Morgan fingerprint density at radius 1 is 0.596 bits per heavy atom. The van der Waals surface area contributed by atoms with Crippen molar-refractivity contribution in [1.29, 1.82) is 0 Å². The number of aliphatic carboxylic acids is 1. The molecule has 0 radical (unpaired) electrons. The summed E-state index contributed by atoms with van der Waals surface area (Å²) >= 11 is 0. The lowest BCUT2D eigenvalue weighted by Gasteiger charge is -2.31. The fourth-order valence-electron chi connectivity index (χ4n) is 5.33. The molecule has 0 heterocycles. The molecule has 296 valence electrons. The second kappa shape index (κ2) is 34.8. The quantitative estimate of drug-likeness (QED) is 0.0305. The van der Waals surface area contributed by atoms with Gasteiger partial charge in [-0.2, -0.15) is 0 Å². The molecule has 0 aromatic carbocycles. The summed E-state index contributed by atoms with van der Waals surface area (Å²) in [5, 5.41) is 9.59. The maximum Gasteiger partial charge on any atom is 0.362 e. The Hall–Kier alpha value is -3.23. The van der Waals surface area contributed by atoms with Gasteiger partial charge in [-0.3, -0.25) is 9.59 Å². The highest BCUT2D eigenvalue weighted by Gasteiger charge is 2.31. The normalized spacial score (nSPS) is 13.8. The number of esters is 2. The van der Waals surface area contributed by atoms with Gasteiger partial charge in [0, 0.05) is 19.3 Å². The van der Waals surface area contributed by atoms with Crippen molar-refractivity contribution < 1.29 is 38.2 Å². The molecule has 0 spiro atoms. The molecule has 0 aliphatic rings. The van der Waals surface area contributed by atoms with Crippen molar-refractivity contribution in [2.45, 2.75) is 148 Å². The van der Waals surface area contributed by atoms with Gasteiger partial charge >= 0.3 is 17.9 Å². The van der Waals surface area contributed by atoms with Crippen LogP contribution in [0.3, 0.4) is 0 Å². The van der Waals surface area contributed by atoms with Gasteiger partial charge in [0.1, 0.15) is 6.61 Å². The summed E-state index contributed by atoms with van der Waals surface area (Å²) < 4.78 is 17.2. The van der Waals surface area contributed by atoms with Crippen molar-refractivity contribution in [3.8, 4) is 0 Å². The van der Waals surface area contributed by atoms with Crippen LogP contribution in [0.2, 0.25) is 0 Å². The van der Waals surface area contributed by atoms with Gasteiger partial charge in [0.25, 0.3) is 0 Å². The summed E-state index contributed by atoms with van der Waals surface area (Å²) in [6.07, 6.45) is 42.3. The van der Waals surface area contributed by atoms with Crippen LogP contribution in [0.25, 0.3) is 0 Å². The summed E-state index contributed by atoms with van der Waals surface area (Å²) in [4.78, 5) is 36.8. The van der Waals surface area contributed by atoms with Crippen molar-refractivity contribution in [3.05, 3.63) is 72.9 Å².